The highest BCUT2D eigenvalue weighted by Gasteiger charge is 2.14. The van der Waals surface area contributed by atoms with Crippen LogP contribution < -0.4 is 0 Å². The average molecular weight is 401 g/mol. The van der Waals surface area contributed by atoms with Crippen molar-refractivity contribution >= 4 is 23.4 Å². The molecule has 0 saturated heterocycles. The van der Waals surface area contributed by atoms with Crippen LogP contribution in [-0.4, -0.2) is 10.1 Å². The van der Waals surface area contributed by atoms with Crippen molar-refractivity contribution in [2.45, 2.75) is 11.5 Å². The number of aromatic nitrogens is 2. The number of nitrogens with zero attached hydrogens (tertiary/aromatic N) is 2. The summed E-state index contributed by atoms with van der Waals surface area (Å²) in [6.45, 7) is 0. The van der Waals surface area contributed by atoms with Gasteiger partial charge in [0.15, 0.2) is 5.76 Å². The number of hydrogen-bond acceptors (Lipinski definition) is 5. The molecule has 2 aromatic carbocycles. The standard InChI is InChI=1S/C20H14ClFN2O2S/c21-17-7-2-1-4-14(17)11-27-12-16-8-9-18(25-16)20-23-19(24-26-20)13-5-3-6-15(22)10-13/h1-10H,11-12H2. The topological polar surface area (TPSA) is 52.1 Å². The first kappa shape index (κ1) is 17.8. The third kappa shape index (κ3) is 4.23. The molecule has 0 bridgehead atoms. The molecule has 0 unspecified atom stereocenters. The summed E-state index contributed by atoms with van der Waals surface area (Å²) in [6.07, 6.45) is 0. The molecule has 0 atom stereocenters. The molecule has 136 valence electrons. The summed E-state index contributed by atoms with van der Waals surface area (Å²) in [6, 6.07) is 17.5. The summed E-state index contributed by atoms with van der Waals surface area (Å²) in [7, 11) is 0. The highest BCUT2D eigenvalue weighted by atomic mass is 35.5. The van der Waals surface area contributed by atoms with Crippen molar-refractivity contribution in [2.24, 2.45) is 0 Å². The first-order valence-electron chi connectivity index (χ1n) is 8.19. The monoisotopic (exact) mass is 400 g/mol. The van der Waals surface area contributed by atoms with Crippen LogP contribution in [-0.2, 0) is 11.5 Å². The minimum absolute atomic E-state index is 0.261. The van der Waals surface area contributed by atoms with Gasteiger partial charge in [-0.1, -0.05) is 47.1 Å². The molecule has 0 saturated carbocycles. The molecule has 0 fully saturated rings. The molecule has 0 spiro atoms. The van der Waals surface area contributed by atoms with Crippen molar-refractivity contribution < 1.29 is 13.3 Å². The second-order valence-corrected chi connectivity index (χ2v) is 7.18. The molecule has 0 amide bonds. The van der Waals surface area contributed by atoms with Gasteiger partial charge in [-0.05, 0) is 35.9 Å². The Balaban J connectivity index is 1.41. The van der Waals surface area contributed by atoms with Gasteiger partial charge in [0.25, 0.3) is 5.89 Å². The van der Waals surface area contributed by atoms with Crippen molar-refractivity contribution in [1.29, 1.82) is 0 Å². The fraction of sp³-hybridized carbons (Fsp3) is 0.100. The molecular weight excluding hydrogens is 387 g/mol. The van der Waals surface area contributed by atoms with Gasteiger partial charge in [0.2, 0.25) is 5.82 Å². The Morgan fingerprint density at radius 2 is 1.89 bits per heavy atom. The lowest BCUT2D eigenvalue weighted by Crippen LogP contribution is -1.83. The van der Waals surface area contributed by atoms with E-state index in [1.807, 2.05) is 30.3 Å². The number of rotatable bonds is 6. The van der Waals surface area contributed by atoms with Crippen LogP contribution in [0.15, 0.2) is 69.6 Å². The third-order valence-electron chi connectivity index (χ3n) is 3.84. The van der Waals surface area contributed by atoms with E-state index in [-0.39, 0.29) is 11.7 Å². The predicted molar refractivity (Wildman–Crippen MR) is 104 cm³/mol. The molecule has 0 N–H and O–H groups in total. The quantitative estimate of drug-likeness (QED) is 0.384. The van der Waals surface area contributed by atoms with Gasteiger partial charge in [-0.25, -0.2) is 4.39 Å². The van der Waals surface area contributed by atoms with Gasteiger partial charge in [-0.15, -0.1) is 11.8 Å². The molecule has 0 aliphatic heterocycles. The zero-order chi connectivity index (χ0) is 18.6. The second kappa shape index (κ2) is 7.98. The summed E-state index contributed by atoms with van der Waals surface area (Å²) < 4.78 is 24.4. The minimum Gasteiger partial charge on any atom is -0.455 e. The Morgan fingerprint density at radius 1 is 1.00 bits per heavy atom. The molecule has 27 heavy (non-hydrogen) atoms. The molecule has 2 aromatic heterocycles. The van der Waals surface area contributed by atoms with E-state index in [9.17, 15) is 4.39 Å². The first-order valence-corrected chi connectivity index (χ1v) is 9.72. The minimum atomic E-state index is -0.352. The summed E-state index contributed by atoms with van der Waals surface area (Å²) >= 11 is 7.86. The maximum Gasteiger partial charge on any atom is 0.293 e. The molecule has 7 heteroatoms. The Morgan fingerprint density at radius 3 is 2.74 bits per heavy atom. The summed E-state index contributed by atoms with van der Waals surface area (Å²) in [5.41, 5.74) is 1.64. The van der Waals surface area contributed by atoms with Crippen LogP contribution in [0.3, 0.4) is 0 Å². The van der Waals surface area contributed by atoms with Gasteiger partial charge in [0.1, 0.15) is 11.6 Å². The SMILES string of the molecule is Fc1cccc(-c2noc(-c3ccc(CSCc4ccccc4Cl)o3)n2)c1. The van der Waals surface area contributed by atoms with E-state index >= 15 is 0 Å². The Kier molecular flexibility index (Phi) is 5.27. The fourth-order valence-electron chi connectivity index (χ4n) is 2.52. The molecule has 4 nitrogen and oxygen atoms in total. The number of furan rings is 1. The third-order valence-corrected chi connectivity index (χ3v) is 5.21. The van der Waals surface area contributed by atoms with Crippen LogP contribution in [0.4, 0.5) is 4.39 Å². The van der Waals surface area contributed by atoms with Gasteiger partial charge in [0.05, 0.1) is 5.75 Å². The van der Waals surface area contributed by atoms with E-state index in [1.54, 1.807) is 30.0 Å². The van der Waals surface area contributed by atoms with E-state index in [2.05, 4.69) is 10.1 Å². The molecule has 4 rings (SSSR count). The van der Waals surface area contributed by atoms with Gasteiger partial charge in [-0.2, -0.15) is 4.98 Å². The zero-order valence-corrected chi connectivity index (χ0v) is 15.6. The maximum absolute atomic E-state index is 13.3. The van der Waals surface area contributed by atoms with Crippen LogP contribution >= 0.6 is 23.4 Å². The zero-order valence-electron chi connectivity index (χ0n) is 14.1. The number of thioether (sulfide) groups is 1. The molecule has 0 aliphatic rings. The molecular formula is C20H14ClFN2O2S. The van der Waals surface area contributed by atoms with Crippen LogP contribution in [0.1, 0.15) is 11.3 Å². The van der Waals surface area contributed by atoms with Gasteiger partial charge >= 0.3 is 0 Å². The molecule has 0 radical (unpaired) electrons. The van der Waals surface area contributed by atoms with Gasteiger partial charge in [-0.3, -0.25) is 0 Å². The van der Waals surface area contributed by atoms with Crippen LogP contribution in [0, 0.1) is 5.82 Å². The number of hydrogen-bond donors (Lipinski definition) is 0. The molecule has 2 heterocycles. The normalized spacial score (nSPS) is 11.0. The lowest BCUT2D eigenvalue weighted by Gasteiger charge is -2.02. The lowest BCUT2D eigenvalue weighted by atomic mass is 10.2. The fourth-order valence-corrected chi connectivity index (χ4v) is 3.73. The lowest BCUT2D eigenvalue weighted by molar-refractivity contribution is 0.413. The van der Waals surface area contributed by atoms with E-state index in [4.69, 9.17) is 20.5 Å². The van der Waals surface area contributed by atoms with Crippen molar-refractivity contribution in [3.63, 3.8) is 0 Å². The smallest absolute Gasteiger partial charge is 0.293 e. The largest absolute Gasteiger partial charge is 0.455 e. The van der Waals surface area contributed by atoms with Crippen molar-refractivity contribution in [3.05, 3.63) is 82.8 Å². The van der Waals surface area contributed by atoms with Crippen molar-refractivity contribution in [1.82, 2.24) is 10.1 Å². The van der Waals surface area contributed by atoms with Crippen LogP contribution in [0.5, 0.6) is 0 Å². The Hall–Kier alpha value is -2.57. The van der Waals surface area contributed by atoms with E-state index in [1.165, 1.54) is 12.1 Å². The molecule has 4 aromatic rings. The molecule has 0 aliphatic carbocycles. The number of benzene rings is 2. The second-order valence-electron chi connectivity index (χ2n) is 5.78. The highest BCUT2D eigenvalue weighted by Crippen LogP contribution is 2.28. The predicted octanol–water partition coefficient (Wildman–Crippen LogP) is 6.22. The summed E-state index contributed by atoms with van der Waals surface area (Å²) in [4.78, 5) is 4.28. The van der Waals surface area contributed by atoms with Crippen LogP contribution in [0.25, 0.3) is 23.0 Å². The first-order chi connectivity index (χ1) is 13.2. The van der Waals surface area contributed by atoms with E-state index in [0.717, 1.165) is 22.1 Å². The Labute approximate surface area is 164 Å². The van der Waals surface area contributed by atoms with E-state index in [0.29, 0.717) is 22.9 Å². The van der Waals surface area contributed by atoms with Gasteiger partial charge in [0, 0.05) is 16.3 Å². The summed E-state index contributed by atoms with van der Waals surface area (Å²) in [5.74, 6) is 2.99. The van der Waals surface area contributed by atoms with Crippen LogP contribution in [0.2, 0.25) is 5.02 Å². The Bertz CT molecular complexity index is 1060. The van der Waals surface area contributed by atoms with Gasteiger partial charge < -0.3 is 8.94 Å². The maximum atomic E-state index is 13.3. The number of halogens is 2. The van der Waals surface area contributed by atoms with Crippen molar-refractivity contribution in [3.8, 4) is 23.0 Å². The highest BCUT2D eigenvalue weighted by molar-refractivity contribution is 7.97. The summed E-state index contributed by atoms with van der Waals surface area (Å²) in [5, 5.41) is 4.66. The average Bonchev–Trinajstić information content (AvgIpc) is 3.33. The van der Waals surface area contributed by atoms with Crippen molar-refractivity contribution in [2.75, 3.05) is 0 Å². The van der Waals surface area contributed by atoms with E-state index < -0.39 is 0 Å².